The Hall–Kier alpha value is -4.39. The Morgan fingerprint density at radius 3 is 2.53 bits per heavy atom. The van der Waals surface area contributed by atoms with Gasteiger partial charge in [0.1, 0.15) is 5.82 Å². The maximum Gasteiger partial charge on any atom is 0.331 e. The fourth-order valence-corrected chi connectivity index (χ4v) is 4.65. The standard InChI is InChI=1S/C21H22FNO2.C10H13N3/c1-6-8-16-13(3)19(12(2)11-18(16)22)20(14(4)21(24)25)17-9-7-10-23-15(17)5;1-3-7-5-9-8(4-6(7)2)12-10(11)13-9/h6-11,23H,5H2,1-4H3,(H,24,25);4-5H,3H2,1-2H3,(H3,11,12,13)/b8-6-,20-14+;. The number of imidazole rings is 1. The summed E-state index contributed by atoms with van der Waals surface area (Å²) in [6.07, 6.45) is 9.84. The molecule has 2 heterocycles. The minimum atomic E-state index is -1.02. The highest BCUT2D eigenvalue weighted by molar-refractivity contribution is 6.03. The first kappa shape index (κ1) is 28.2. The third kappa shape index (κ3) is 5.78. The third-order valence-electron chi connectivity index (χ3n) is 6.60. The van der Waals surface area contributed by atoms with Gasteiger partial charge in [0.25, 0.3) is 0 Å². The number of nitrogens with zero attached hydrogens (tertiary/aromatic N) is 1. The molecule has 0 unspecified atom stereocenters. The number of benzene rings is 2. The molecule has 0 radical (unpaired) electrons. The number of carbonyl (C=O) groups is 1. The molecule has 7 heteroatoms. The van der Waals surface area contributed by atoms with E-state index in [0.29, 0.717) is 39.5 Å². The maximum atomic E-state index is 14.4. The van der Waals surface area contributed by atoms with E-state index in [1.165, 1.54) is 17.2 Å². The topological polar surface area (TPSA) is 104 Å². The number of dihydropyridines is 1. The highest BCUT2D eigenvalue weighted by Gasteiger charge is 2.23. The van der Waals surface area contributed by atoms with Gasteiger partial charge in [0.15, 0.2) is 5.95 Å². The highest BCUT2D eigenvalue weighted by atomic mass is 19.1. The second kappa shape index (κ2) is 11.8. The van der Waals surface area contributed by atoms with E-state index in [2.05, 4.69) is 47.8 Å². The van der Waals surface area contributed by atoms with Crippen LogP contribution >= 0.6 is 0 Å². The number of anilines is 1. The van der Waals surface area contributed by atoms with Crippen LogP contribution in [0, 0.1) is 26.6 Å². The average molecular weight is 515 g/mol. The zero-order valence-electron chi connectivity index (χ0n) is 22.8. The Morgan fingerprint density at radius 2 is 1.92 bits per heavy atom. The Balaban J connectivity index is 0.000000256. The van der Waals surface area contributed by atoms with Crippen LogP contribution in [0.2, 0.25) is 0 Å². The summed E-state index contributed by atoms with van der Waals surface area (Å²) in [5, 5.41) is 12.6. The van der Waals surface area contributed by atoms with Gasteiger partial charge in [0.2, 0.25) is 0 Å². The van der Waals surface area contributed by atoms with Gasteiger partial charge in [-0.25, -0.2) is 14.2 Å². The van der Waals surface area contributed by atoms with Crippen molar-refractivity contribution in [2.75, 3.05) is 5.73 Å². The molecule has 0 aliphatic carbocycles. The molecule has 0 atom stereocenters. The maximum absolute atomic E-state index is 14.4. The highest BCUT2D eigenvalue weighted by Crippen LogP contribution is 2.37. The molecule has 1 aliphatic heterocycles. The molecule has 0 saturated carbocycles. The predicted octanol–water partition coefficient (Wildman–Crippen LogP) is 6.91. The number of aromatic nitrogens is 2. The number of rotatable bonds is 5. The van der Waals surface area contributed by atoms with E-state index in [1.807, 2.05) is 19.9 Å². The van der Waals surface area contributed by atoms with Gasteiger partial charge in [-0.2, -0.15) is 0 Å². The average Bonchev–Trinajstić information content (AvgIpc) is 3.23. The molecule has 2 aromatic carbocycles. The third-order valence-corrected chi connectivity index (χ3v) is 6.60. The number of nitrogen functional groups attached to an aromatic ring is 1. The second-order valence-electron chi connectivity index (χ2n) is 9.23. The van der Waals surface area contributed by atoms with Crippen molar-refractivity contribution >= 4 is 34.6 Å². The van der Waals surface area contributed by atoms with Gasteiger partial charge in [-0.05, 0) is 93.1 Å². The summed E-state index contributed by atoms with van der Waals surface area (Å²) in [5.41, 5.74) is 14.8. The molecule has 38 heavy (non-hydrogen) atoms. The SMILES string of the molecule is C=C1NC=CC=C1/C(=C(/C)C(=O)O)c1c(C)cc(F)c(/C=C\C)c1C.CCc1cc2nc(N)[nH]c2cc1C. The van der Waals surface area contributed by atoms with Crippen LogP contribution in [-0.4, -0.2) is 21.0 Å². The molecule has 6 nitrogen and oxygen atoms in total. The summed E-state index contributed by atoms with van der Waals surface area (Å²) < 4.78 is 14.4. The van der Waals surface area contributed by atoms with Crippen molar-refractivity contribution in [2.45, 2.75) is 48.0 Å². The largest absolute Gasteiger partial charge is 0.478 e. The lowest BCUT2D eigenvalue weighted by Crippen LogP contribution is -2.14. The fraction of sp³-hybridized carbons (Fsp3) is 0.226. The van der Waals surface area contributed by atoms with E-state index in [1.54, 1.807) is 38.3 Å². The van der Waals surface area contributed by atoms with Gasteiger partial charge in [-0.15, -0.1) is 0 Å². The van der Waals surface area contributed by atoms with E-state index in [4.69, 9.17) is 5.73 Å². The molecule has 0 amide bonds. The number of carboxylic acid groups (broad SMARTS) is 1. The van der Waals surface area contributed by atoms with Crippen LogP contribution in [-0.2, 0) is 11.2 Å². The van der Waals surface area contributed by atoms with Crippen LogP contribution in [0.15, 0.2) is 66.0 Å². The van der Waals surface area contributed by atoms with Gasteiger partial charge >= 0.3 is 5.97 Å². The van der Waals surface area contributed by atoms with Gasteiger partial charge in [-0.3, -0.25) is 0 Å². The summed E-state index contributed by atoms with van der Waals surface area (Å²) in [6.45, 7) is 15.2. The summed E-state index contributed by atoms with van der Waals surface area (Å²) in [4.78, 5) is 18.9. The number of nitrogens with one attached hydrogen (secondary N) is 2. The normalized spacial score (nSPS) is 13.7. The fourth-order valence-electron chi connectivity index (χ4n) is 4.65. The molecule has 0 bridgehead atoms. The number of nitrogens with two attached hydrogens (primary N) is 1. The molecular formula is C31H35FN4O2. The lowest BCUT2D eigenvalue weighted by Gasteiger charge is -2.23. The van der Waals surface area contributed by atoms with E-state index < -0.39 is 5.97 Å². The molecular weight excluding hydrogens is 479 g/mol. The van der Waals surface area contributed by atoms with Crippen LogP contribution in [0.3, 0.4) is 0 Å². The van der Waals surface area contributed by atoms with E-state index in [-0.39, 0.29) is 11.4 Å². The van der Waals surface area contributed by atoms with Gasteiger partial charge in [0, 0.05) is 34.2 Å². The number of halogens is 1. The Morgan fingerprint density at radius 1 is 1.21 bits per heavy atom. The summed E-state index contributed by atoms with van der Waals surface area (Å²) in [5.74, 6) is -0.852. The number of aromatic amines is 1. The van der Waals surface area contributed by atoms with Crippen molar-refractivity contribution in [1.82, 2.24) is 15.3 Å². The monoisotopic (exact) mass is 514 g/mol. The summed E-state index contributed by atoms with van der Waals surface area (Å²) in [6, 6.07) is 5.64. The van der Waals surface area contributed by atoms with Gasteiger partial charge < -0.3 is 21.1 Å². The van der Waals surface area contributed by atoms with E-state index >= 15 is 0 Å². The number of aliphatic carboxylic acids is 1. The number of hydrogen-bond acceptors (Lipinski definition) is 4. The van der Waals surface area contributed by atoms with Crippen LogP contribution in [0.4, 0.5) is 10.3 Å². The molecule has 1 aromatic heterocycles. The number of allylic oxidation sites excluding steroid dienone is 4. The number of hydrogen-bond donors (Lipinski definition) is 4. The van der Waals surface area contributed by atoms with E-state index in [0.717, 1.165) is 23.0 Å². The number of fused-ring (bicyclic) bond motifs is 1. The van der Waals surface area contributed by atoms with Crippen molar-refractivity contribution in [3.63, 3.8) is 0 Å². The molecule has 3 aromatic rings. The minimum Gasteiger partial charge on any atom is -0.478 e. The van der Waals surface area contributed by atoms with Crippen molar-refractivity contribution in [3.05, 3.63) is 105 Å². The number of aryl methyl sites for hydroxylation is 3. The predicted molar refractivity (Wildman–Crippen MR) is 155 cm³/mol. The Labute approximate surface area is 223 Å². The second-order valence-corrected chi connectivity index (χ2v) is 9.23. The minimum absolute atomic E-state index is 0.189. The Bertz CT molecular complexity index is 1540. The smallest absolute Gasteiger partial charge is 0.331 e. The van der Waals surface area contributed by atoms with Gasteiger partial charge in [0.05, 0.1) is 11.0 Å². The first-order chi connectivity index (χ1) is 18.0. The Kier molecular flexibility index (Phi) is 8.73. The van der Waals surface area contributed by atoms with Crippen LogP contribution < -0.4 is 11.1 Å². The molecule has 0 saturated heterocycles. The lowest BCUT2D eigenvalue weighted by atomic mass is 9.84. The molecule has 4 rings (SSSR count). The van der Waals surface area contributed by atoms with Crippen LogP contribution in [0.25, 0.3) is 22.7 Å². The van der Waals surface area contributed by atoms with Gasteiger partial charge in [-0.1, -0.05) is 31.7 Å². The summed E-state index contributed by atoms with van der Waals surface area (Å²) >= 11 is 0. The number of carboxylic acids is 1. The van der Waals surface area contributed by atoms with Crippen LogP contribution in [0.5, 0.6) is 0 Å². The molecule has 0 spiro atoms. The molecule has 0 fully saturated rings. The molecule has 198 valence electrons. The van der Waals surface area contributed by atoms with Crippen molar-refractivity contribution in [3.8, 4) is 0 Å². The number of H-pyrrole nitrogens is 1. The van der Waals surface area contributed by atoms with E-state index in [9.17, 15) is 14.3 Å². The summed E-state index contributed by atoms with van der Waals surface area (Å²) in [7, 11) is 0. The lowest BCUT2D eigenvalue weighted by molar-refractivity contribution is -0.132. The zero-order valence-corrected chi connectivity index (χ0v) is 22.8. The van der Waals surface area contributed by atoms with Crippen molar-refractivity contribution < 1.29 is 14.3 Å². The zero-order chi connectivity index (χ0) is 28.1. The molecule has 5 N–H and O–H groups in total. The quantitative estimate of drug-likeness (QED) is 0.277. The first-order valence-corrected chi connectivity index (χ1v) is 12.4. The van der Waals surface area contributed by atoms with Crippen LogP contribution in [0.1, 0.15) is 54.2 Å². The van der Waals surface area contributed by atoms with Crippen molar-refractivity contribution in [1.29, 1.82) is 0 Å². The van der Waals surface area contributed by atoms with Crippen molar-refractivity contribution in [2.24, 2.45) is 0 Å². The molecule has 1 aliphatic rings. The first-order valence-electron chi connectivity index (χ1n) is 12.4.